The number of hydrogen-bond donors (Lipinski definition) is 2. The molecule has 2 aromatic rings. The number of benzene rings is 2. The summed E-state index contributed by atoms with van der Waals surface area (Å²) in [4.78, 5) is 2.32. The fraction of sp³-hybridized carbons (Fsp3) is 0.368. The van der Waals surface area contributed by atoms with Crippen LogP contribution in [0.3, 0.4) is 0 Å². The van der Waals surface area contributed by atoms with Gasteiger partial charge in [0.2, 0.25) is 0 Å². The molecule has 122 valence electrons. The van der Waals surface area contributed by atoms with Crippen molar-refractivity contribution in [2.24, 2.45) is 0 Å². The van der Waals surface area contributed by atoms with Gasteiger partial charge in [0.1, 0.15) is 12.4 Å². The largest absolute Gasteiger partial charge is 0.489 e. The molecule has 2 aromatic carbocycles. The molecule has 0 spiro atoms. The van der Waals surface area contributed by atoms with E-state index >= 15 is 0 Å². The molecule has 0 unspecified atom stereocenters. The van der Waals surface area contributed by atoms with Crippen LogP contribution in [0.15, 0.2) is 54.6 Å². The second kappa shape index (κ2) is 8.11. The van der Waals surface area contributed by atoms with Crippen LogP contribution in [0.5, 0.6) is 5.75 Å². The molecule has 0 aliphatic carbocycles. The Balaban J connectivity index is 1.75. The van der Waals surface area contributed by atoms with Crippen LogP contribution in [0.2, 0.25) is 0 Å². The second-order valence-electron chi connectivity index (χ2n) is 5.80. The van der Waals surface area contributed by atoms with E-state index in [4.69, 9.17) is 4.74 Å². The van der Waals surface area contributed by atoms with Gasteiger partial charge in [-0.2, -0.15) is 0 Å². The number of aliphatic hydroxyl groups excluding tert-OH is 1. The predicted molar refractivity (Wildman–Crippen MR) is 91.5 cm³/mol. The van der Waals surface area contributed by atoms with Gasteiger partial charge in [0, 0.05) is 31.7 Å². The lowest BCUT2D eigenvalue weighted by Gasteiger charge is -2.34. The maximum atomic E-state index is 9.92. The summed E-state index contributed by atoms with van der Waals surface area (Å²) in [6.07, 6.45) is 0. The van der Waals surface area contributed by atoms with Gasteiger partial charge in [-0.1, -0.05) is 48.5 Å². The number of nitrogens with zero attached hydrogens (tertiary/aromatic N) is 1. The first-order valence-electron chi connectivity index (χ1n) is 8.20. The first-order valence-corrected chi connectivity index (χ1v) is 8.20. The smallest absolute Gasteiger partial charge is 0.124 e. The zero-order chi connectivity index (χ0) is 15.9. The fourth-order valence-corrected chi connectivity index (χ4v) is 3.03. The van der Waals surface area contributed by atoms with E-state index in [0.717, 1.165) is 43.1 Å². The quantitative estimate of drug-likeness (QED) is 0.858. The lowest BCUT2D eigenvalue weighted by Crippen LogP contribution is -2.46. The second-order valence-corrected chi connectivity index (χ2v) is 5.80. The monoisotopic (exact) mass is 312 g/mol. The molecule has 0 saturated carbocycles. The molecule has 3 rings (SSSR count). The van der Waals surface area contributed by atoms with Crippen molar-refractivity contribution >= 4 is 0 Å². The zero-order valence-electron chi connectivity index (χ0n) is 13.3. The lowest BCUT2D eigenvalue weighted by molar-refractivity contribution is 0.108. The zero-order valence-corrected chi connectivity index (χ0v) is 13.3. The molecule has 1 heterocycles. The molecule has 4 heteroatoms. The Morgan fingerprint density at radius 1 is 1.00 bits per heavy atom. The maximum Gasteiger partial charge on any atom is 0.124 e. The van der Waals surface area contributed by atoms with Crippen LogP contribution in [-0.4, -0.2) is 42.8 Å². The van der Waals surface area contributed by atoms with Gasteiger partial charge in [-0.25, -0.2) is 0 Å². The SMILES string of the molecule is OC[C@H](c1ccccc1OCc1ccccc1)N1CCNCC1. The molecule has 0 amide bonds. The van der Waals surface area contributed by atoms with Gasteiger partial charge in [-0.15, -0.1) is 0 Å². The van der Waals surface area contributed by atoms with E-state index in [1.807, 2.05) is 36.4 Å². The molecule has 2 N–H and O–H groups in total. The van der Waals surface area contributed by atoms with Crippen LogP contribution in [0.1, 0.15) is 17.2 Å². The van der Waals surface area contributed by atoms with Gasteiger partial charge in [-0.05, 0) is 11.6 Å². The van der Waals surface area contributed by atoms with Gasteiger partial charge in [-0.3, -0.25) is 4.90 Å². The Bertz CT molecular complexity index is 597. The summed E-state index contributed by atoms with van der Waals surface area (Å²) in [5.41, 5.74) is 2.21. The van der Waals surface area contributed by atoms with Gasteiger partial charge in [0.05, 0.1) is 12.6 Å². The summed E-state index contributed by atoms with van der Waals surface area (Å²) in [7, 11) is 0. The highest BCUT2D eigenvalue weighted by molar-refractivity contribution is 5.36. The highest BCUT2D eigenvalue weighted by Crippen LogP contribution is 2.30. The van der Waals surface area contributed by atoms with Crippen molar-refractivity contribution in [3.63, 3.8) is 0 Å². The Morgan fingerprint density at radius 3 is 2.43 bits per heavy atom. The third-order valence-corrected chi connectivity index (χ3v) is 4.28. The predicted octanol–water partition coefficient (Wildman–Crippen LogP) is 2.20. The van der Waals surface area contributed by atoms with Crippen LogP contribution in [-0.2, 0) is 6.61 Å². The molecule has 0 radical (unpaired) electrons. The Hall–Kier alpha value is -1.88. The molecular weight excluding hydrogens is 288 g/mol. The van der Waals surface area contributed by atoms with E-state index in [1.165, 1.54) is 0 Å². The van der Waals surface area contributed by atoms with Crippen molar-refractivity contribution in [1.82, 2.24) is 10.2 Å². The first kappa shape index (κ1) is 16.0. The highest BCUT2D eigenvalue weighted by atomic mass is 16.5. The Kier molecular flexibility index (Phi) is 5.64. The molecule has 0 bridgehead atoms. The van der Waals surface area contributed by atoms with Crippen molar-refractivity contribution in [1.29, 1.82) is 0 Å². The normalized spacial score (nSPS) is 16.9. The summed E-state index contributed by atoms with van der Waals surface area (Å²) >= 11 is 0. The number of para-hydroxylation sites is 1. The summed E-state index contributed by atoms with van der Waals surface area (Å²) in [6, 6.07) is 18.2. The van der Waals surface area contributed by atoms with Gasteiger partial charge < -0.3 is 15.2 Å². The molecule has 23 heavy (non-hydrogen) atoms. The number of rotatable bonds is 6. The molecule has 0 aromatic heterocycles. The molecule has 1 fully saturated rings. The average Bonchev–Trinajstić information content (AvgIpc) is 2.63. The Morgan fingerprint density at radius 2 is 1.70 bits per heavy atom. The molecule has 1 aliphatic rings. The number of nitrogens with one attached hydrogen (secondary N) is 1. The van der Waals surface area contributed by atoms with Crippen LogP contribution < -0.4 is 10.1 Å². The van der Waals surface area contributed by atoms with Gasteiger partial charge in [0.15, 0.2) is 0 Å². The maximum absolute atomic E-state index is 9.92. The van der Waals surface area contributed by atoms with Crippen molar-refractivity contribution in [3.05, 3.63) is 65.7 Å². The fourth-order valence-electron chi connectivity index (χ4n) is 3.03. The van der Waals surface area contributed by atoms with Crippen LogP contribution in [0.25, 0.3) is 0 Å². The third kappa shape index (κ3) is 4.10. The van der Waals surface area contributed by atoms with E-state index < -0.39 is 0 Å². The van der Waals surface area contributed by atoms with Crippen LogP contribution >= 0.6 is 0 Å². The van der Waals surface area contributed by atoms with E-state index in [-0.39, 0.29) is 12.6 Å². The van der Waals surface area contributed by atoms with E-state index in [0.29, 0.717) is 6.61 Å². The van der Waals surface area contributed by atoms with Crippen molar-refractivity contribution in [3.8, 4) is 5.75 Å². The molecule has 1 saturated heterocycles. The summed E-state index contributed by atoms with van der Waals surface area (Å²) in [5.74, 6) is 0.855. The first-order chi connectivity index (χ1) is 11.4. The lowest BCUT2D eigenvalue weighted by atomic mass is 10.0. The topological polar surface area (TPSA) is 44.7 Å². The van der Waals surface area contributed by atoms with E-state index in [9.17, 15) is 5.11 Å². The minimum Gasteiger partial charge on any atom is -0.489 e. The minimum atomic E-state index is -0.0101. The van der Waals surface area contributed by atoms with Crippen molar-refractivity contribution in [2.45, 2.75) is 12.6 Å². The summed E-state index contributed by atoms with van der Waals surface area (Å²) < 4.78 is 6.04. The third-order valence-electron chi connectivity index (χ3n) is 4.28. The van der Waals surface area contributed by atoms with Gasteiger partial charge in [0.25, 0.3) is 0 Å². The minimum absolute atomic E-state index is 0.0101. The molecule has 4 nitrogen and oxygen atoms in total. The number of ether oxygens (including phenoxy) is 1. The summed E-state index contributed by atoms with van der Waals surface area (Å²) in [5, 5.41) is 13.3. The van der Waals surface area contributed by atoms with Crippen molar-refractivity contribution in [2.75, 3.05) is 32.8 Å². The number of piperazine rings is 1. The molecular formula is C19H24N2O2. The highest BCUT2D eigenvalue weighted by Gasteiger charge is 2.24. The Labute approximate surface area is 137 Å². The standard InChI is InChI=1S/C19H24N2O2/c22-14-18(21-12-10-20-11-13-21)17-8-4-5-9-19(17)23-15-16-6-2-1-3-7-16/h1-9,18,20,22H,10-15H2/t18-/m1/s1. The molecule has 1 aliphatic heterocycles. The summed E-state index contributed by atoms with van der Waals surface area (Å²) in [6.45, 7) is 4.45. The van der Waals surface area contributed by atoms with Gasteiger partial charge >= 0.3 is 0 Å². The van der Waals surface area contributed by atoms with Crippen LogP contribution in [0.4, 0.5) is 0 Å². The van der Waals surface area contributed by atoms with E-state index in [2.05, 4.69) is 28.4 Å². The van der Waals surface area contributed by atoms with E-state index in [1.54, 1.807) is 0 Å². The number of aliphatic hydroxyl groups is 1. The molecule has 1 atom stereocenters. The number of hydrogen-bond acceptors (Lipinski definition) is 4. The van der Waals surface area contributed by atoms with Crippen LogP contribution in [0, 0.1) is 0 Å². The average molecular weight is 312 g/mol. The van der Waals surface area contributed by atoms with Crippen molar-refractivity contribution < 1.29 is 9.84 Å².